The fraction of sp³-hybridized carbons (Fsp3) is 0.720. The van der Waals surface area contributed by atoms with Crippen LogP contribution < -0.4 is 0 Å². The van der Waals surface area contributed by atoms with Gasteiger partial charge in [-0.1, -0.05) is 30.3 Å². The second-order valence-electron chi connectivity index (χ2n) is 10.3. The predicted molar refractivity (Wildman–Crippen MR) is 125 cm³/mol. The third kappa shape index (κ3) is 6.23. The Morgan fingerprint density at radius 3 is 2.45 bits per heavy atom. The van der Waals surface area contributed by atoms with Crippen LogP contribution in [0.2, 0.25) is 0 Å². The molecule has 1 aliphatic carbocycles. The third-order valence-corrected chi connectivity index (χ3v) is 6.98. The topological polar surface area (TPSA) is 102 Å². The molecule has 2 atom stereocenters. The van der Waals surface area contributed by atoms with E-state index in [4.69, 9.17) is 9.47 Å². The first-order valence-electron chi connectivity index (χ1n) is 12.1. The second kappa shape index (κ2) is 10.8. The maximum atomic E-state index is 13.0. The monoisotopic (exact) mass is 462 g/mol. The number of benzene rings is 1. The van der Waals surface area contributed by atoms with Crippen molar-refractivity contribution in [3.05, 3.63) is 46.0 Å². The average molecular weight is 463 g/mol. The van der Waals surface area contributed by atoms with Crippen LogP contribution in [0, 0.1) is 10.1 Å². The van der Waals surface area contributed by atoms with Gasteiger partial charge in [0.2, 0.25) is 5.54 Å². The molecule has 0 aromatic heterocycles. The first kappa shape index (κ1) is 25.4. The molecule has 1 amide bonds. The maximum Gasteiger partial charge on any atom is 0.410 e. The molecule has 184 valence electrons. The van der Waals surface area contributed by atoms with Crippen LogP contribution in [-0.2, 0) is 9.47 Å². The van der Waals surface area contributed by atoms with Crippen molar-refractivity contribution in [1.82, 2.24) is 4.90 Å². The summed E-state index contributed by atoms with van der Waals surface area (Å²) >= 11 is 0. The highest BCUT2D eigenvalue weighted by molar-refractivity contribution is 5.69. The molecular weight excluding hydrogens is 424 g/mol. The predicted octanol–water partition coefficient (Wildman–Crippen LogP) is 4.53. The molecule has 2 fully saturated rings. The van der Waals surface area contributed by atoms with Crippen LogP contribution in [0.3, 0.4) is 0 Å². The summed E-state index contributed by atoms with van der Waals surface area (Å²) in [6, 6.07) is 9.68. The van der Waals surface area contributed by atoms with Crippen molar-refractivity contribution in [1.29, 1.82) is 0 Å². The van der Waals surface area contributed by atoms with Crippen LogP contribution in [-0.4, -0.2) is 64.1 Å². The highest BCUT2D eigenvalue weighted by Crippen LogP contribution is 2.37. The number of carbonyl (C=O) groups is 1. The molecule has 8 nitrogen and oxygen atoms in total. The highest BCUT2D eigenvalue weighted by atomic mass is 16.6. The van der Waals surface area contributed by atoms with E-state index in [1.807, 2.05) is 6.07 Å². The number of aliphatic hydroxyl groups excluding tert-OH is 1. The third-order valence-electron chi connectivity index (χ3n) is 6.98. The summed E-state index contributed by atoms with van der Waals surface area (Å²) in [6.45, 7) is 5.47. The molecule has 1 N–H and O–H groups in total. The fourth-order valence-corrected chi connectivity index (χ4v) is 5.26. The minimum absolute atomic E-state index is 0.00551. The van der Waals surface area contributed by atoms with E-state index in [-0.39, 0.29) is 30.7 Å². The summed E-state index contributed by atoms with van der Waals surface area (Å²) in [5.41, 5.74) is -0.801. The maximum absolute atomic E-state index is 13.0. The lowest BCUT2D eigenvalue weighted by Crippen LogP contribution is -2.64. The van der Waals surface area contributed by atoms with E-state index in [9.17, 15) is 20.0 Å². The van der Waals surface area contributed by atoms with Gasteiger partial charge in [0.25, 0.3) is 0 Å². The van der Waals surface area contributed by atoms with Gasteiger partial charge in [-0.2, -0.15) is 0 Å². The molecule has 1 aliphatic heterocycles. The van der Waals surface area contributed by atoms with Crippen molar-refractivity contribution in [2.45, 2.75) is 94.9 Å². The van der Waals surface area contributed by atoms with Gasteiger partial charge < -0.3 is 14.6 Å². The number of hydrogen-bond acceptors (Lipinski definition) is 6. The van der Waals surface area contributed by atoms with Gasteiger partial charge in [-0.05, 0) is 64.4 Å². The standard InChI is InChI=1S/C25H38N2O6/c1-24(2,3)33-23(29)26-16-7-14-25(15-17-28,27(30)31)22(26)18-32-21-12-10-20(11-13-21)19-8-5-4-6-9-19/h4-6,8-9,20-22,28H,7,10-18H2,1-3H3/t20?,21?,22-,25+/m0/s1. The first-order valence-corrected chi connectivity index (χ1v) is 12.1. The Kier molecular flexibility index (Phi) is 8.34. The smallest absolute Gasteiger partial charge is 0.410 e. The average Bonchev–Trinajstić information content (AvgIpc) is 2.78. The van der Waals surface area contributed by atoms with Gasteiger partial charge in [0.05, 0.1) is 12.7 Å². The van der Waals surface area contributed by atoms with Crippen LogP contribution in [0.25, 0.3) is 0 Å². The Morgan fingerprint density at radius 2 is 1.88 bits per heavy atom. The number of nitrogens with zero attached hydrogens (tertiary/aromatic N) is 2. The number of aliphatic hydroxyl groups is 1. The zero-order chi connectivity index (χ0) is 24.1. The van der Waals surface area contributed by atoms with Crippen molar-refractivity contribution in [3.63, 3.8) is 0 Å². The summed E-state index contributed by atoms with van der Waals surface area (Å²) < 4.78 is 11.8. The molecule has 1 aromatic carbocycles. The van der Waals surface area contributed by atoms with Crippen molar-refractivity contribution in [3.8, 4) is 0 Å². The molecule has 1 heterocycles. The van der Waals surface area contributed by atoms with Crippen LogP contribution in [0.5, 0.6) is 0 Å². The van der Waals surface area contributed by atoms with E-state index < -0.39 is 23.3 Å². The molecule has 0 radical (unpaired) electrons. The molecule has 0 spiro atoms. The molecular formula is C25H38N2O6. The summed E-state index contributed by atoms with van der Waals surface area (Å²) in [5, 5.41) is 21.9. The molecule has 8 heteroatoms. The summed E-state index contributed by atoms with van der Waals surface area (Å²) in [6.07, 6.45) is 3.98. The van der Waals surface area contributed by atoms with Crippen LogP contribution >= 0.6 is 0 Å². The van der Waals surface area contributed by atoms with Crippen LogP contribution in [0.4, 0.5) is 4.79 Å². The van der Waals surface area contributed by atoms with Gasteiger partial charge in [-0.3, -0.25) is 15.0 Å². The lowest BCUT2D eigenvalue weighted by atomic mass is 9.79. The highest BCUT2D eigenvalue weighted by Gasteiger charge is 2.56. The van der Waals surface area contributed by atoms with Crippen molar-refractivity contribution in [2.24, 2.45) is 0 Å². The van der Waals surface area contributed by atoms with Crippen molar-refractivity contribution < 1.29 is 24.3 Å². The Balaban J connectivity index is 1.70. The zero-order valence-electron chi connectivity index (χ0n) is 20.1. The zero-order valence-corrected chi connectivity index (χ0v) is 20.1. The Hall–Kier alpha value is -2.19. The largest absolute Gasteiger partial charge is 0.444 e. The Bertz CT molecular complexity index is 784. The number of amides is 1. The van der Waals surface area contributed by atoms with E-state index in [1.54, 1.807) is 20.8 Å². The summed E-state index contributed by atoms with van der Waals surface area (Å²) in [7, 11) is 0. The SMILES string of the molecule is CC(C)(C)OC(=O)N1CCC[C@](CCO)([N+](=O)[O-])[C@@H]1COC1CCC(c2ccccc2)CC1. The van der Waals surface area contributed by atoms with Crippen molar-refractivity contribution in [2.75, 3.05) is 19.8 Å². The normalized spacial score (nSPS) is 28.4. The van der Waals surface area contributed by atoms with Gasteiger partial charge in [0, 0.05) is 30.9 Å². The molecule has 1 aromatic rings. The van der Waals surface area contributed by atoms with Gasteiger partial charge in [-0.15, -0.1) is 0 Å². The molecule has 3 rings (SSSR count). The summed E-state index contributed by atoms with van der Waals surface area (Å²) in [4.78, 5) is 26.3. The van der Waals surface area contributed by atoms with E-state index >= 15 is 0 Å². The van der Waals surface area contributed by atoms with Crippen LogP contribution in [0.1, 0.15) is 77.2 Å². The molecule has 1 saturated carbocycles. The Morgan fingerprint density at radius 1 is 1.21 bits per heavy atom. The number of nitro groups is 1. The molecule has 33 heavy (non-hydrogen) atoms. The second-order valence-corrected chi connectivity index (χ2v) is 10.3. The number of piperidine rings is 1. The number of ether oxygens (including phenoxy) is 2. The van der Waals surface area contributed by atoms with Crippen molar-refractivity contribution >= 4 is 6.09 Å². The minimum Gasteiger partial charge on any atom is -0.444 e. The Labute approximate surface area is 196 Å². The lowest BCUT2D eigenvalue weighted by molar-refractivity contribution is -0.585. The van der Waals surface area contributed by atoms with E-state index in [2.05, 4.69) is 24.3 Å². The fourth-order valence-electron chi connectivity index (χ4n) is 5.26. The van der Waals surface area contributed by atoms with Crippen LogP contribution in [0.15, 0.2) is 30.3 Å². The lowest BCUT2D eigenvalue weighted by Gasteiger charge is -2.44. The van der Waals surface area contributed by atoms with Gasteiger partial charge in [0.1, 0.15) is 11.6 Å². The summed E-state index contributed by atoms with van der Waals surface area (Å²) in [5.74, 6) is 0.506. The van der Waals surface area contributed by atoms with E-state index in [1.165, 1.54) is 10.5 Å². The number of rotatable bonds is 7. The molecule has 1 saturated heterocycles. The molecule has 0 bridgehead atoms. The van der Waals surface area contributed by atoms with Gasteiger partial charge in [-0.25, -0.2) is 4.79 Å². The van der Waals surface area contributed by atoms with E-state index in [0.717, 1.165) is 25.7 Å². The minimum atomic E-state index is -1.44. The molecule has 0 unspecified atom stereocenters. The molecule has 2 aliphatic rings. The number of hydrogen-bond donors (Lipinski definition) is 1. The van der Waals surface area contributed by atoms with Gasteiger partial charge in [0.15, 0.2) is 0 Å². The van der Waals surface area contributed by atoms with Gasteiger partial charge >= 0.3 is 6.09 Å². The number of carbonyl (C=O) groups excluding carboxylic acids is 1. The first-order chi connectivity index (χ1) is 15.7. The van der Waals surface area contributed by atoms with E-state index in [0.29, 0.717) is 25.3 Å². The quantitative estimate of drug-likeness (QED) is 0.472. The number of likely N-dealkylation sites (tertiary alicyclic amines) is 1.